The van der Waals surface area contributed by atoms with Gasteiger partial charge < -0.3 is 10.2 Å². The fraction of sp³-hybridized carbons (Fsp3) is 0.278. The highest BCUT2D eigenvalue weighted by Crippen LogP contribution is 2.30. The molecule has 0 saturated carbocycles. The van der Waals surface area contributed by atoms with Gasteiger partial charge in [0.1, 0.15) is 12.6 Å². The van der Waals surface area contributed by atoms with Crippen LogP contribution in [0.5, 0.6) is 0 Å². The summed E-state index contributed by atoms with van der Waals surface area (Å²) in [5, 5.41) is 3.31. The van der Waals surface area contributed by atoms with Gasteiger partial charge in [0, 0.05) is 24.0 Å². The first-order chi connectivity index (χ1) is 21.3. The van der Waals surface area contributed by atoms with Gasteiger partial charge in [-0.3, -0.25) is 13.9 Å². The van der Waals surface area contributed by atoms with Crippen LogP contribution in [0.4, 0.5) is 5.69 Å². The monoisotopic (exact) mass is 645 g/mol. The Balaban J connectivity index is 1.84. The van der Waals surface area contributed by atoms with Crippen LogP contribution >= 0.6 is 11.6 Å². The van der Waals surface area contributed by atoms with Crippen LogP contribution in [-0.2, 0) is 32.6 Å². The van der Waals surface area contributed by atoms with Crippen LogP contribution in [0.2, 0.25) is 5.02 Å². The van der Waals surface area contributed by atoms with Crippen LogP contribution in [0.15, 0.2) is 102 Å². The van der Waals surface area contributed by atoms with Crippen molar-refractivity contribution in [1.29, 1.82) is 0 Å². The number of halogens is 1. The normalized spacial score (nSPS) is 12.1. The van der Waals surface area contributed by atoms with Gasteiger partial charge in [-0.25, -0.2) is 8.42 Å². The van der Waals surface area contributed by atoms with Crippen LogP contribution in [0.3, 0.4) is 0 Å². The summed E-state index contributed by atoms with van der Waals surface area (Å²) in [6, 6.07) is 27.6. The van der Waals surface area contributed by atoms with E-state index in [4.69, 9.17) is 11.6 Å². The number of anilines is 1. The molecule has 45 heavy (non-hydrogen) atoms. The molecule has 236 valence electrons. The van der Waals surface area contributed by atoms with E-state index in [1.54, 1.807) is 37.3 Å². The molecule has 4 aromatic carbocycles. The number of amides is 2. The summed E-state index contributed by atoms with van der Waals surface area (Å²) in [5.74, 6) is -0.840. The molecule has 0 unspecified atom stereocenters. The zero-order chi connectivity index (χ0) is 32.7. The fourth-order valence-electron chi connectivity index (χ4n) is 5.14. The van der Waals surface area contributed by atoms with Gasteiger partial charge in [-0.05, 0) is 75.6 Å². The fourth-order valence-corrected chi connectivity index (χ4v) is 6.78. The number of sulfonamides is 1. The van der Waals surface area contributed by atoms with Crippen LogP contribution < -0.4 is 9.62 Å². The molecular formula is C36H40ClN3O4S. The number of nitrogens with zero attached hydrogens (tertiary/aromatic N) is 2. The van der Waals surface area contributed by atoms with Crippen molar-refractivity contribution < 1.29 is 18.0 Å². The molecule has 2 amide bonds. The Kier molecular flexibility index (Phi) is 11.1. The van der Waals surface area contributed by atoms with Gasteiger partial charge >= 0.3 is 0 Å². The average Bonchev–Trinajstić information content (AvgIpc) is 2.99. The Morgan fingerprint density at radius 3 is 2.11 bits per heavy atom. The van der Waals surface area contributed by atoms with Crippen molar-refractivity contribution in [3.05, 3.63) is 130 Å². The number of hydrogen-bond donors (Lipinski definition) is 1. The number of rotatable bonds is 12. The first-order valence-corrected chi connectivity index (χ1v) is 16.7. The summed E-state index contributed by atoms with van der Waals surface area (Å²) in [4.78, 5) is 29.9. The Labute approximate surface area is 271 Å². The Morgan fingerprint density at radius 2 is 1.47 bits per heavy atom. The van der Waals surface area contributed by atoms with E-state index in [0.717, 1.165) is 26.6 Å². The molecule has 0 bridgehead atoms. The number of carbonyl (C=O) groups is 2. The van der Waals surface area contributed by atoms with Gasteiger partial charge in [-0.15, -0.1) is 0 Å². The summed E-state index contributed by atoms with van der Waals surface area (Å²) < 4.78 is 29.6. The van der Waals surface area contributed by atoms with Gasteiger partial charge in [0.15, 0.2) is 0 Å². The van der Waals surface area contributed by atoms with Crippen molar-refractivity contribution in [3.63, 3.8) is 0 Å². The van der Waals surface area contributed by atoms with E-state index < -0.39 is 28.5 Å². The molecule has 0 heterocycles. The maximum Gasteiger partial charge on any atom is 0.264 e. The topological polar surface area (TPSA) is 86.8 Å². The Bertz CT molecular complexity index is 1740. The van der Waals surface area contributed by atoms with E-state index in [9.17, 15) is 18.0 Å². The Morgan fingerprint density at radius 1 is 0.800 bits per heavy atom. The molecule has 7 nitrogen and oxygen atoms in total. The molecule has 0 aliphatic heterocycles. The van der Waals surface area contributed by atoms with Crippen molar-refractivity contribution in [2.75, 3.05) is 10.8 Å². The predicted octanol–water partition coefficient (Wildman–Crippen LogP) is 6.63. The quantitative estimate of drug-likeness (QED) is 0.188. The second kappa shape index (κ2) is 14.8. The van der Waals surface area contributed by atoms with E-state index in [1.165, 1.54) is 17.0 Å². The Hall–Kier alpha value is -4.14. The van der Waals surface area contributed by atoms with Gasteiger partial charge in [0.25, 0.3) is 10.0 Å². The second-order valence-electron chi connectivity index (χ2n) is 11.6. The van der Waals surface area contributed by atoms with Crippen molar-refractivity contribution in [2.45, 2.75) is 64.6 Å². The van der Waals surface area contributed by atoms with Gasteiger partial charge in [-0.2, -0.15) is 0 Å². The molecule has 0 radical (unpaired) electrons. The van der Waals surface area contributed by atoms with E-state index >= 15 is 0 Å². The lowest BCUT2D eigenvalue weighted by Gasteiger charge is -2.34. The number of hydrogen-bond acceptors (Lipinski definition) is 4. The van der Waals surface area contributed by atoms with Crippen molar-refractivity contribution >= 4 is 39.1 Å². The maximum atomic E-state index is 14.6. The molecule has 4 rings (SSSR count). The lowest BCUT2D eigenvalue weighted by molar-refractivity contribution is -0.140. The van der Waals surface area contributed by atoms with Crippen LogP contribution in [0.1, 0.15) is 41.7 Å². The van der Waals surface area contributed by atoms with E-state index in [2.05, 4.69) is 5.32 Å². The molecular weight excluding hydrogens is 606 g/mol. The van der Waals surface area contributed by atoms with Crippen LogP contribution in [-0.4, -0.2) is 43.8 Å². The van der Waals surface area contributed by atoms with Crippen LogP contribution in [0.25, 0.3) is 0 Å². The highest BCUT2D eigenvalue weighted by atomic mass is 35.5. The largest absolute Gasteiger partial charge is 0.352 e. The van der Waals surface area contributed by atoms with Gasteiger partial charge in [0.05, 0.1) is 10.6 Å². The molecule has 0 aliphatic rings. The third-order valence-electron chi connectivity index (χ3n) is 7.47. The molecule has 0 aliphatic carbocycles. The number of benzene rings is 4. The zero-order valence-corrected chi connectivity index (χ0v) is 27.9. The highest BCUT2D eigenvalue weighted by Gasteiger charge is 2.35. The lowest BCUT2D eigenvalue weighted by atomic mass is 10.0. The molecule has 0 fully saturated rings. The molecule has 1 N–H and O–H groups in total. The minimum absolute atomic E-state index is 0.0453. The third kappa shape index (κ3) is 8.74. The highest BCUT2D eigenvalue weighted by molar-refractivity contribution is 7.92. The van der Waals surface area contributed by atoms with E-state index in [1.807, 2.05) is 82.3 Å². The smallest absolute Gasteiger partial charge is 0.264 e. The molecule has 9 heteroatoms. The minimum atomic E-state index is -4.22. The van der Waals surface area contributed by atoms with Gasteiger partial charge in [0.2, 0.25) is 11.8 Å². The summed E-state index contributed by atoms with van der Waals surface area (Å²) >= 11 is 6.36. The van der Waals surface area contributed by atoms with Crippen molar-refractivity contribution in [3.8, 4) is 0 Å². The first-order valence-electron chi connectivity index (χ1n) is 14.9. The zero-order valence-electron chi connectivity index (χ0n) is 26.3. The second-order valence-corrected chi connectivity index (χ2v) is 13.9. The maximum absolute atomic E-state index is 14.6. The molecule has 0 spiro atoms. The SMILES string of the molecule is Cc1ccc(S(=O)(=O)N(CC(=O)N(Cc2cccc(C)c2)[C@H](Cc2ccccc2)C(=O)NC(C)C)c2cc(Cl)ccc2C)cc1. The molecule has 0 aromatic heterocycles. The summed E-state index contributed by atoms with van der Waals surface area (Å²) in [7, 11) is -4.22. The summed E-state index contributed by atoms with van der Waals surface area (Å²) in [5.41, 5.74) is 4.53. The molecule has 0 saturated heterocycles. The van der Waals surface area contributed by atoms with E-state index in [0.29, 0.717) is 10.6 Å². The summed E-state index contributed by atoms with van der Waals surface area (Å²) in [6.45, 7) is 8.90. The third-order valence-corrected chi connectivity index (χ3v) is 9.47. The molecule has 4 aromatic rings. The molecule has 1 atom stereocenters. The number of nitrogens with one attached hydrogen (secondary N) is 1. The minimum Gasteiger partial charge on any atom is -0.352 e. The number of aryl methyl sites for hydroxylation is 3. The predicted molar refractivity (Wildman–Crippen MR) is 181 cm³/mol. The van der Waals surface area contributed by atoms with Crippen LogP contribution in [0, 0.1) is 20.8 Å². The standard InChI is InChI=1S/C36H40ClN3O4S/c1-25(2)38-36(42)34(21-29-11-7-6-8-12-29)39(23-30-13-9-10-27(4)20-30)35(41)24-40(33-22-31(37)17-16-28(33)5)45(43,44)32-18-14-26(3)15-19-32/h6-20,22,25,34H,21,23-24H2,1-5H3,(H,38,42)/t34-/m1/s1. The summed E-state index contributed by atoms with van der Waals surface area (Å²) in [6.07, 6.45) is 0.248. The van der Waals surface area contributed by atoms with Gasteiger partial charge in [-0.1, -0.05) is 95.5 Å². The average molecular weight is 646 g/mol. The van der Waals surface area contributed by atoms with Crippen molar-refractivity contribution in [2.24, 2.45) is 0 Å². The van der Waals surface area contributed by atoms with E-state index in [-0.39, 0.29) is 35.5 Å². The van der Waals surface area contributed by atoms with Crippen molar-refractivity contribution in [1.82, 2.24) is 10.2 Å². The lowest BCUT2D eigenvalue weighted by Crippen LogP contribution is -2.54. The number of carbonyl (C=O) groups excluding carboxylic acids is 2. The first kappa shape index (κ1) is 33.7.